The number of anilines is 2. The third kappa shape index (κ3) is 4.70. The molecule has 1 aliphatic rings. The molecule has 12 heteroatoms. The molecule has 0 fully saturated rings. The first-order valence-electron chi connectivity index (χ1n) is 9.87. The molecule has 0 aliphatic carbocycles. The standard InChI is InChI=1S/C21H20F3N5O3S/c1-28-12-17(27-20(28)33(2,31)32)19(30)29-9-8-15-13(11-29)4-3-5-16(15)26-18-7-6-14(10-25-18)21(22,23)24/h3-7,10,12H,8-9,11H2,1-2H3,(H,25,26). The van der Waals surface area contributed by atoms with Crippen LogP contribution in [-0.2, 0) is 36.0 Å². The number of aryl methyl sites for hydroxylation is 1. The molecule has 3 heterocycles. The van der Waals surface area contributed by atoms with Gasteiger partial charge in [-0.3, -0.25) is 4.79 Å². The van der Waals surface area contributed by atoms with Crippen LogP contribution < -0.4 is 5.32 Å². The van der Waals surface area contributed by atoms with Gasteiger partial charge in [-0.15, -0.1) is 0 Å². The molecule has 1 aromatic carbocycles. The van der Waals surface area contributed by atoms with Crippen molar-refractivity contribution in [1.29, 1.82) is 0 Å². The van der Waals surface area contributed by atoms with Crippen LogP contribution in [0.25, 0.3) is 0 Å². The average Bonchev–Trinajstić information content (AvgIpc) is 3.15. The number of alkyl halides is 3. The Bertz CT molecular complexity index is 1320. The molecular weight excluding hydrogens is 459 g/mol. The highest BCUT2D eigenvalue weighted by Crippen LogP contribution is 2.31. The van der Waals surface area contributed by atoms with Gasteiger partial charge >= 0.3 is 6.18 Å². The summed E-state index contributed by atoms with van der Waals surface area (Å²) in [5.41, 5.74) is 1.71. The summed E-state index contributed by atoms with van der Waals surface area (Å²) in [5, 5.41) is 2.87. The number of carbonyl (C=O) groups excluding carboxylic acids is 1. The van der Waals surface area contributed by atoms with Gasteiger partial charge in [-0.2, -0.15) is 13.2 Å². The first-order chi connectivity index (χ1) is 15.4. The lowest BCUT2D eigenvalue weighted by Crippen LogP contribution is -2.36. The van der Waals surface area contributed by atoms with Crippen molar-refractivity contribution in [1.82, 2.24) is 19.4 Å². The summed E-state index contributed by atoms with van der Waals surface area (Å²) in [4.78, 5) is 22.3. The number of aromatic nitrogens is 3. The maximum Gasteiger partial charge on any atom is 0.417 e. The zero-order valence-electron chi connectivity index (χ0n) is 17.7. The lowest BCUT2D eigenvalue weighted by molar-refractivity contribution is -0.137. The number of halogens is 3. The fraction of sp³-hybridized carbons (Fsp3) is 0.286. The molecule has 3 aromatic rings. The second-order valence-electron chi connectivity index (χ2n) is 7.77. The molecule has 0 saturated heterocycles. The fourth-order valence-electron chi connectivity index (χ4n) is 3.73. The van der Waals surface area contributed by atoms with E-state index in [-0.39, 0.29) is 29.1 Å². The van der Waals surface area contributed by atoms with Crippen molar-refractivity contribution in [2.75, 3.05) is 18.1 Å². The minimum absolute atomic E-state index is 0.0459. The molecule has 0 radical (unpaired) electrons. The van der Waals surface area contributed by atoms with E-state index in [1.165, 1.54) is 23.9 Å². The quantitative estimate of drug-likeness (QED) is 0.618. The number of fused-ring (bicyclic) bond motifs is 1. The normalized spacial score (nSPS) is 14.2. The molecule has 1 amide bonds. The Morgan fingerprint density at radius 3 is 2.55 bits per heavy atom. The van der Waals surface area contributed by atoms with E-state index < -0.39 is 21.6 Å². The minimum atomic E-state index is -4.46. The lowest BCUT2D eigenvalue weighted by atomic mass is 9.97. The summed E-state index contributed by atoms with van der Waals surface area (Å²) >= 11 is 0. The van der Waals surface area contributed by atoms with Gasteiger partial charge in [-0.05, 0) is 35.7 Å². The zero-order chi connectivity index (χ0) is 24.0. The number of nitrogens with zero attached hydrogens (tertiary/aromatic N) is 4. The van der Waals surface area contributed by atoms with E-state index in [0.717, 1.165) is 29.6 Å². The largest absolute Gasteiger partial charge is 0.417 e. The van der Waals surface area contributed by atoms with Gasteiger partial charge < -0.3 is 14.8 Å². The van der Waals surface area contributed by atoms with Crippen LogP contribution in [0.15, 0.2) is 47.9 Å². The molecule has 0 bridgehead atoms. The van der Waals surface area contributed by atoms with E-state index in [0.29, 0.717) is 18.7 Å². The Labute approximate surface area is 188 Å². The summed E-state index contributed by atoms with van der Waals surface area (Å²) in [6.45, 7) is 0.657. The van der Waals surface area contributed by atoms with Crippen LogP contribution in [-0.4, -0.2) is 46.6 Å². The number of hydrogen-bond acceptors (Lipinski definition) is 6. The van der Waals surface area contributed by atoms with Crippen molar-refractivity contribution in [3.8, 4) is 0 Å². The zero-order valence-corrected chi connectivity index (χ0v) is 18.5. The highest BCUT2D eigenvalue weighted by atomic mass is 32.2. The van der Waals surface area contributed by atoms with Gasteiger partial charge in [-0.1, -0.05) is 12.1 Å². The maximum atomic E-state index is 12.9. The van der Waals surface area contributed by atoms with Crippen molar-refractivity contribution < 1.29 is 26.4 Å². The SMILES string of the molecule is Cn1cc(C(=O)N2CCc3c(cccc3Nc3ccc(C(F)(F)F)cn3)C2)nc1S(C)(=O)=O. The van der Waals surface area contributed by atoms with Crippen molar-refractivity contribution in [3.05, 3.63) is 65.1 Å². The van der Waals surface area contributed by atoms with E-state index in [1.54, 1.807) is 17.0 Å². The third-order valence-electron chi connectivity index (χ3n) is 5.29. The molecule has 0 atom stereocenters. The Morgan fingerprint density at radius 2 is 1.94 bits per heavy atom. The van der Waals surface area contributed by atoms with Gasteiger partial charge in [0.15, 0.2) is 0 Å². The summed E-state index contributed by atoms with van der Waals surface area (Å²) in [6, 6.07) is 7.67. The molecule has 8 nitrogen and oxygen atoms in total. The van der Waals surface area contributed by atoms with Gasteiger partial charge in [0.2, 0.25) is 15.0 Å². The third-order valence-corrected chi connectivity index (χ3v) is 6.33. The van der Waals surface area contributed by atoms with Crippen LogP contribution in [0.2, 0.25) is 0 Å². The number of carbonyl (C=O) groups is 1. The van der Waals surface area contributed by atoms with Gasteiger partial charge in [0.1, 0.15) is 11.5 Å². The highest BCUT2D eigenvalue weighted by molar-refractivity contribution is 7.90. The molecule has 4 rings (SSSR count). The van der Waals surface area contributed by atoms with Crippen molar-refractivity contribution in [3.63, 3.8) is 0 Å². The summed E-state index contributed by atoms with van der Waals surface area (Å²) < 4.78 is 63.2. The number of rotatable bonds is 4. The monoisotopic (exact) mass is 479 g/mol. The molecular formula is C21H20F3N5O3S. The Kier molecular flexibility index (Phi) is 5.64. The van der Waals surface area contributed by atoms with Crippen molar-refractivity contribution in [2.24, 2.45) is 7.05 Å². The first-order valence-corrected chi connectivity index (χ1v) is 11.8. The minimum Gasteiger partial charge on any atom is -0.340 e. The van der Waals surface area contributed by atoms with Crippen LogP contribution >= 0.6 is 0 Å². The number of amides is 1. The molecule has 2 aromatic heterocycles. The molecule has 1 N–H and O–H groups in total. The second-order valence-corrected chi connectivity index (χ2v) is 9.68. The van der Waals surface area contributed by atoms with Crippen LogP contribution in [0.4, 0.5) is 24.7 Å². The van der Waals surface area contributed by atoms with Gasteiger partial charge in [-0.25, -0.2) is 18.4 Å². The van der Waals surface area contributed by atoms with E-state index in [1.807, 2.05) is 6.07 Å². The number of sulfone groups is 1. The van der Waals surface area contributed by atoms with Crippen molar-refractivity contribution >= 4 is 27.2 Å². The maximum absolute atomic E-state index is 12.9. The van der Waals surface area contributed by atoms with Crippen LogP contribution in [0.1, 0.15) is 27.2 Å². The second kappa shape index (κ2) is 8.18. The van der Waals surface area contributed by atoms with Crippen molar-refractivity contribution in [2.45, 2.75) is 24.3 Å². The van der Waals surface area contributed by atoms with E-state index in [2.05, 4.69) is 15.3 Å². The molecule has 33 heavy (non-hydrogen) atoms. The smallest absolute Gasteiger partial charge is 0.340 e. The predicted octanol–water partition coefficient (Wildman–Crippen LogP) is 3.18. The molecule has 1 aliphatic heterocycles. The van der Waals surface area contributed by atoms with E-state index >= 15 is 0 Å². The average molecular weight is 479 g/mol. The van der Waals surface area contributed by atoms with Crippen LogP contribution in [0.3, 0.4) is 0 Å². The summed E-state index contributed by atoms with van der Waals surface area (Å²) in [7, 11) is -2.05. The highest BCUT2D eigenvalue weighted by Gasteiger charge is 2.31. The van der Waals surface area contributed by atoms with Gasteiger partial charge in [0, 0.05) is 44.5 Å². The molecule has 174 valence electrons. The first kappa shape index (κ1) is 22.8. The number of hydrogen-bond donors (Lipinski definition) is 1. The lowest BCUT2D eigenvalue weighted by Gasteiger charge is -2.29. The molecule has 0 spiro atoms. The topological polar surface area (TPSA) is 97.2 Å². The number of benzene rings is 1. The van der Waals surface area contributed by atoms with E-state index in [9.17, 15) is 26.4 Å². The molecule has 0 saturated carbocycles. The number of imidazole rings is 1. The number of pyridine rings is 1. The summed E-state index contributed by atoms with van der Waals surface area (Å²) in [5.74, 6) is -0.106. The Morgan fingerprint density at radius 1 is 1.18 bits per heavy atom. The Hall–Kier alpha value is -3.41. The van der Waals surface area contributed by atoms with Gasteiger partial charge in [0.25, 0.3) is 5.91 Å². The Balaban J connectivity index is 1.53. The van der Waals surface area contributed by atoms with Crippen LogP contribution in [0, 0.1) is 0 Å². The van der Waals surface area contributed by atoms with E-state index in [4.69, 9.17) is 0 Å². The molecule has 0 unspecified atom stereocenters. The van der Waals surface area contributed by atoms with Crippen LogP contribution in [0.5, 0.6) is 0 Å². The predicted molar refractivity (Wildman–Crippen MR) is 114 cm³/mol. The summed E-state index contributed by atoms with van der Waals surface area (Å²) in [6.07, 6.45) is -0.765. The fourth-order valence-corrected chi connectivity index (χ4v) is 4.57. The van der Waals surface area contributed by atoms with Gasteiger partial charge in [0.05, 0.1) is 5.56 Å². The number of nitrogens with one attached hydrogen (secondary N) is 1.